The number of nitrogens with zero attached hydrogens (tertiary/aromatic N) is 2. The Morgan fingerprint density at radius 3 is 2.50 bits per heavy atom. The molecule has 1 aromatic carbocycles. The lowest BCUT2D eigenvalue weighted by molar-refractivity contribution is 1.21. The Hall–Kier alpha value is -1.94. The molecule has 3 nitrogen and oxygen atoms in total. The smallest absolute Gasteiger partial charge is 0.172 e. The molecule has 1 N–H and O–H groups in total. The molecule has 0 unspecified atom stereocenters. The summed E-state index contributed by atoms with van der Waals surface area (Å²) in [7, 11) is 1.90. The van der Waals surface area contributed by atoms with E-state index in [1.54, 1.807) is 11.3 Å². The van der Waals surface area contributed by atoms with Crippen LogP contribution in [0.25, 0.3) is 21.6 Å². The van der Waals surface area contributed by atoms with Gasteiger partial charge in [0.1, 0.15) is 5.82 Å². The molecule has 0 fully saturated rings. The van der Waals surface area contributed by atoms with Gasteiger partial charge >= 0.3 is 0 Å². The molecule has 0 amide bonds. The van der Waals surface area contributed by atoms with Gasteiger partial charge < -0.3 is 5.32 Å². The van der Waals surface area contributed by atoms with E-state index in [1.807, 2.05) is 13.1 Å². The molecule has 3 rings (SSSR count). The Morgan fingerprint density at radius 2 is 1.85 bits per heavy atom. The van der Waals surface area contributed by atoms with Crippen LogP contribution < -0.4 is 5.32 Å². The lowest BCUT2D eigenvalue weighted by Gasteiger charge is -2.08. The maximum absolute atomic E-state index is 4.77. The molecule has 0 atom stereocenters. The summed E-state index contributed by atoms with van der Waals surface area (Å²) in [6, 6.07) is 8.35. The van der Waals surface area contributed by atoms with E-state index in [9.17, 15) is 0 Å². The second-order valence-corrected chi connectivity index (χ2v) is 6.22. The van der Waals surface area contributed by atoms with Gasteiger partial charge in [0.05, 0.1) is 10.4 Å². The zero-order valence-electron chi connectivity index (χ0n) is 12.1. The summed E-state index contributed by atoms with van der Waals surface area (Å²) in [5.74, 6) is 1.69. The topological polar surface area (TPSA) is 37.8 Å². The third-order valence-corrected chi connectivity index (χ3v) is 4.70. The van der Waals surface area contributed by atoms with E-state index < -0.39 is 0 Å². The van der Waals surface area contributed by atoms with Crippen molar-refractivity contribution < 1.29 is 0 Å². The van der Waals surface area contributed by atoms with Gasteiger partial charge in [0, 0.05) is 17.3 Å². The van der Waals surface area contributed by atoms with Gasteiger partial charge in [-0.1, -0.05) is 12.1 Å². The molecule has 0 aliphatic heterocycles. The normalized spacial score (nSPS) is 11.0. The molecular weight excluding hydrogens is 266 g/mol. The van der Waals surface area contributed by atoms with Gasteiger partial charge in [0.2, 0.25) is 0 Å². The Labute approximate surface area is 122 Å². The number of anilines is 1. The van der Waals surface area contributed by atoms with Crippen molar-refractivity contribution in [3.8, 4) is 10.7 Å². The molecular formula is C16H17N3S. The zero-order chi connectivity index (χ0) is 14.3. The quantitative estimate of drug-likeness (QED) is 0.761. The van der Waals surface area contributed by atoms with Crippen LogP contribution in [0.2, 0.25) is 0 Å². The number of rotatable bonds is 2. The van der Waals surface area contributed by atoms with E-state index in [4.69, 9.17) is 4.98 Å². The first-order chi connectivity index (χ1) is 9.60. The lowest BCUT2D eigenvalue weighted by Crippen LogP contribution is -1.99. The highest BCUT2D eigenvalue weighted by Crippen LogP contribution is 2.32. The van der Waals surface area contributed by atoms with Crippen molar-refractivity contribution in [3.05, 3.63) is 40.3 Å². The van der Waals surface area contributed by atoms with Crippen LogP contribution in [0, 0.1) is 20.8 Å². The first-order valence-corrected chi connectivity index (χ1v) is 7.44. The Bertz CT molecular complexity index is 770. The van der Waals surface area contributed by atoms with Crippen LogP contribution in [0.15, 0.2) is 24.3 Å². The molecule has 2 aromatic heterocycles. The zero-order valence-corrected chi connectivity index (χ0v) is 12.9. The van der Waals surface area contributed by atoms with E-state index >= 15 is 0 Å². The predicted molar refractivity (Wildman–Crippen MR) is 86.6 cm³/mol. The minimum absolute atomic E-state index is 0.803. The molecule has 0 bridgehead atoms. The highest BCUT2D eigenvalue weighted by atomic mass is 32.1. The summed E-state index contributed by atoms with van der Waals surface area (Å²) < 4.78 is 0. The molecule has 4 heteroatoms. The van der Waals surface area contributed by atoms with Gasteiger partial charge in [-0.2, -0.15) is 0 Å². The number of nitrogens with one attached hydrogen (secondary N) is 1. The fraction of sp³-hybridized carbons (Fsp3) is 0.250. The molecule has 0 saturated carbocycles. The lowest BCUT2D eigenvalue weighted by atomic mass is 10.1. The maximum atomic E-state index is 4.77. The van der Waals surface area contributed by atoms with Gasteiger partial charge in [-0.3, -0.25) is 0 Å². The number of hydrogen-bond acceptors (Lipinski definition) is 4. The number of para-hydroxylation sites is 1. The van der Waals surface area contributed by atoms with Crippen molar-refractivity contribution in [3.63, 3.8) is 0 Å². The van der Waals surface area contributed by atoms with E-state index in [-0.39, 0.29) is 0 Å². The minimum Gasteiger partial charge on any atom is -0.373 e. The van der Waals surface area contributed by atoms with Crippen LogP contribution in [0.4, 0.5) is 5.82 Å². The second kappa shape index (κ2) is 4.87. The molecule has 20 heavy (non-hydrogen) atoms. The molecule has 102 valence electrons. The third kappa shape index (κ3) is 2.06. The van der Waals surface area contributed by atoms with E-state index in [0.717, 1.165) is 27.4 Å². The minimum atomic E-state index is 0.803. The van der Waals surface area contributed by atoms with Crippen molar-refractivity contribution in [2.75, 3.05) is 12.4 Å². The summed E-state index contributed by atoms with van der Waals surface area (Å²) in [5, 5.41) is 4.25. The van der Waals surface area contributed by atoms with E-state index in [1.165, 1.54) is 16.0 Å². The molecule has 0 saturated heterocycles. The van der Waals surface area contributed by atoms with Crippen LogP contribution in [-0.2, 0) is 0 Å². The number of aryl methyl sites for hydroxylation is 3. The van der Waals surface area contributed by atoms with Gasteiger partial charge in [-0.05, 0) is 44.0 Å². The summed E-state index contributed by atoms with van der Waals surface area (Å²) in [6.45, 7) is 6.35. The van der Waals surface area contributed by atoms with E-state index in [2.05, 4.69) is 49.3 Å². The molecule has 2 heterocycles. The first-order valence-electron chi connectivity index (χ1n) is 6.62. The summed E-state index contributed by atoms with van der Waals surface area (Å²) in [4.78, 5) is 11.9. The van der Waals surface area contributed by atoms with Crippen LogP contribution in [-0.4, -0.2) is 17.0 Å². The van der Waals surface area contributed by atoms with Gasteiger partial charge in [0.15, 0.2) is 5.82 Å². The fourth-order valence-electron chi connectivity index (χ4n) is 2.28. The van der Waals surface area contributed by atoms with Gasteiger partial charge in [-0.15, -0.1) is 11.3 Å². The Kier molecular flexibility index (Phi) is 3.18. The molecule has 3 aromatic rings. The predicted octanol–water partition coefficient (Wildman–Crippen LogP) is 4.33. The molecule has 0 aliphatic rings. The largest absolute Gasteiger partial charge is 0.373 e. The summed E-state index contributed by atoms with van der Waals surface area (Å²) >= 11 is 1.75. The maximum Gasteiger partial charge on any atom is 0.172 e. The average Bonchev–Trinajstić information content (AvgIpc) is 2.78. The van der Waals surface area contributed by atoms with E-state index in [0.29, 0.717) is 0 Å². The Morgan fingerprint density at radius 1 is 1.05 bits per heavy atom. The summed E-state index contributed by atoms with van der Waals surface area (Å²) in [6.07, 6.45) is 0. The first kappa shape index (κ1) is 13.1. The monoisotopic (exact) mass is 283 g/mol. The number of hydrogen-bond donors (Lipinski definition) is 1. The van der Waals surface area contributed by atoms with Crippen molar-refractivity contribution in [1.82, 2.24) is 9.97 Å². The highest BCUT2D eigenvalue weighted by molar-refractivity contribution is 7.15. The van der Waals surface area contributed by atoms with Crippen molar-refractivity contribution in [2.45, 2.75) is 20.8 Å². The fourth-order valence-corrected chi connectivity index (χ4v) is 3.25. The second-order valence-electron chi connectivity index (χ2n) is 4.97. The molecule has 0 radical (unpaired) electrons. The molecule has 0 aliphatic carbocycles. The van der Waals surface area contributed by atoms with Gasteiger partial charge in [0.25, 0.3) is 0 Å². The van der Waals surface area contributed by atoms with Crippen LogP contribution in [0.3, 0.4) is 0 Å². The van der Waals surface area contributed by atoms with Crippen molar-refractivity contribution >= 4 is 28.1 Å². The van der Waals surface area contributed by atoms with Gasteiger partial charge in [-0.25, -0.2) is 9.97 Å². The summed E-state index contributed by atoms with van der Waals surface area (Å²) in [5.41, 5.74) is 3.49. The number of aromatic nitrogens is 2. The highest BCUT2D eigenvalue weighted by Gasteiger charge is 2.12. The van der Waals surface area contributed by atoms with Crippen LogP contribution in [0.1, 0.15) is 16.0 Å². The molecule has 0 spiro atoms. The third-order valence-electron chi connectivity index (χ3n) is 3.55. The average molecular weight is 283 g/mol. The van der Waals surface area contributed by atoms with Crippen molar-refractivity contribution in [2.24, 2.45) is 0 Å². The van der Waals surface area contributed by atoms with Crippen LogP contribution >= 0.6 is 11.3 Å². The SMILES string of the molecule is CNc1nc(-c2cc(C)c(C)s2)nc2c(C)cccc12. The van der Waals surface area contributed by atoms with Crippen LogP contribution in [0.5, 0.6) is 0 Å². The number of fused-ring (bicyclic) bond motifs is 1. The number of thiophene rings is 1. The Balaban J connectivity index is 2.29. The number of benzene rings is 1. The standard InChI is InChI=1S/C16H17N3S/c1-9-6-5-7-12-14(9)18-16(19-15(12)17-4)13-8-10(2)11(3)20-13/h5-8H,1-4H3,(H,17,18,19). The van der Waals surface area contributed by atoms with Crippen molar-refractivity contribution in [1.29, 1.82) is 0 Å².